The standard InChI is InChI=1S/C20H33N3O4/c1-9-23-15(7)17(14(6)18(23)19(25)27-8)16(24)11-22(10-12(2)3)20(26)21-13(4)5/h12-13H,9-11H2,1-8H3,(H,21,26). The van der Waals surface area contributed by atoms with Gasteiger partial charge in [0.15, 0.2) is 5.78 Å². The number of urea groups is 1. The molecule has 152 valence electrons. The largest absolute Gasteiger partial charge is 0.464 e. The first-order valence-electron chi connectivity index (χ1n) is 9.41. The second-order valence-corrected chi connectivity index (χ2v) is 7.47. The Kier molecular flexibility index (Phi) is 8.06. The second kappa shape index (κ2) is 9.58. The zero-order chi connectivity index (χ0) is 20.9. The van der Waals surface area contributed by atoms with Crippen LogP contribution in [0.5, 0.6) is 0 Å². The number of methoxy groups -OCH3 is 1. The van der Waals surface area contributed by atoms with Crippen molar-refractivity contribution in [2.45, 2.75) is 61.1 Å². The molecule has 7 heteroatoms. The van der Waals surface area contributed by atoms with E-state index in [0.717, 1.165) is 0 Å². The smallest absolute Gasteiger partial charge is 0.354 e. The topological polar surface area (TPSA) is 80.6 Å². The van der Waals surface area contributed by atoms with Crippen LogP contribution in [0.2, 0.25) is 0 Å². The number of nitrogens with one attached hydrogen (secondary N) is 1. The first-order valence-corrected chi connectivity index (χ1v) is 9.41. The number of ketones is 1. The summed E-state index contributed by atoms with van der Waals surface area (Å²) >= 11 is 0. The predicted octanol–water partition coefficient (Wildman–Crippen LogP) is 3.17. The maximum absolute atomic E-state index is 13.1. The molecule has 0 aromatic carbocycles. The van der Waals surface area contributed by atoms with Crippen molar-refractivity contribution in [1.29, 1.82) is 0 Å². The number of amides is 2. The number of carbonyl (C=O) groups excluding carboxylic acids is 3. The summed E-state index contributed by atoms with van der Waals surface area (Å²) in [6.07, 6.45) is 0. The lowest BCUT2D eigenvalue weighted by Gasteiger charge is -2.25. The van der Waals surface area contributed by atoms with Gasteiger partial charge in [-0.3, -0.25) is 4.79 Å². The number of ether oxygens (including phenoxy) is 1. The van der Waals surface area contributed by atoms with Gasteiger partial charge in [0, 0.05) is 30.4 Å². The van der Waals surface area contributed by atoms with Crippen LogP contribution in [0, 0.1) is 19.8 Å². The van der Waals surface area contributed by atoms with Gasteiger partial charge in [-0.15, -0.1) is 0 Å². The number of hydrogen-bond donors (Lipinski definition) is 1. The fraction of sp³-hybridized carbons (Fsp3) is 0.650. The van der Waals surface area contributed by atoms with Crippen molar-refractivity contribution in [2.24, 2.45) is 5.92 Å². The van der Waals surface area contributed by atoms with Gasteiger partial charge in [-0.05, 0) is 46.1 Å². The number of hydrogen-bond acceptors (Lipinski definition) is 4. The summed E-state index contributed by atoms with van der Waals surface area (Å²) < 4.78 is 6.66. The summed E-state index contributed by atoms with van der Waals surface area (Å²) in [7, 11) is 1.33. The van der Waals surface area contributed by atoms with Crippen LogP contribution in [0.1, 0.15) is 66.7 Å². The molecule has 0 saturated heterocycles. The van der Waals surface area contributed by atoms with Gasteiger partial charge in [-0.2, -0.15) is 0 Å². The molecule has 0 aliphatic rings. The minimum atomic E-state index is -0.465. The quantitative estimate of drug-likeness (QED) is 0.556. The molecule has 0 radical (unpaired) electrons. The molecule has 1 N–H and O–H groups in total. The average molecular weight is 380 g/mol. The van der Waals surface area contributed by atoms with Crippen molar-refractivity contribution in [1.82, 2.24) is 14.8 Å². The molecule has 1 rings (SSSR count). The Labute approximate surface area is 162 Å². The van der Waals surface area contributed by atoms with Crippen LogP contribution in [-0.2, 0) is 11.3 Å². The molecule has 7 nitrogen and oxygen atoms in total. The van der Waals surface area contributed by atoms with E-state index in [9.17, 15) is 14.4 Å². The van der Waals surface area contributed by atoms with E-state index in [0.29, 0.717) is 35.6 Å². The Morgan fingerprint density at radius 2 is 1.74 bits per heavy atom. The zero-order valence-corrected chi connectivity index (χ0v) is 17.8. The molecule has 2 amide bonds. The van der Waals surface area contributed by atoms with Crippen LogP contribution in [0.25, 0.3) is 0 Å². The van der Waals surface area contributed by atoms with E-state index in [1.54, 1.807) is 11.5 Å². The van der Waals surface area contributed by atoms with E-state index >= 15 is 0 Å². The highest BCUT2D eigenvalue weighted by atomic mass is 16.5. The molecule has 1 aromatic rings. The zero-order valence-electron chi connectivity index (χ0n) is 17.8. The van der Waals surface area contributed by atoms with Crippen molar-refractivity contribution < 1.29 is 19.1 Å². The van der Waals surface area contributed by atoms with E-state index < -0.39 is 5.97 Å². The third-order valence-corrected chi connectivity index (χ3v) is 4.36. The summed E-state index contributed by atoms with van der Waals surface area (Å²) in [6, 6.07) is -0.275. The summed E-state index contributed by atoms with van der Waals surface area (Å²) in [5.74, 6) is -0.418. The Hall–Kier alpha value is -2.31. The number of Topliss-reactive ketones (excluding diaryl/α,β-unsaturated/α-hetero) is 1. The molecule has 1 heterocycles. The first-order chi connectivity index (χ1) is 12.5. The molecule has 0 bridgehead atoms. The first kappa shape index (κ1) is 22.7. The number of carbonyl (C=O) groups is 3. The van der Waals surface area contributed by atoms with Gasteiger partial charge in [0.2, 0.25) is 0 Å². The monoisotopic (exact) mass is 379 g/mol. The maximum atomic E-state index is 13.1. The fourth-order valence-corrected chi connectivity index (χ4v) is 3.31. The van der Waals surface area contributed by atoms with E-state index in [4.69, 9.17) is 4.74 Å². The van der Waals surface area contributed by atoms with Crippen molar-refractivity contribution in [3.8, 4) is 0 Å². The van der Waals surface area contributed by atoms with Crippen molar-refractivity contribution in [3.63, 3.8) is 0 Å². The molecule has 0 aliphatic heterocycles. The van der Waals surface area contributed by atoms with Crippen LogP contribution in [-0.4, -0.2) is 53.5 Å². The van der Waals surface area contributed by atoms with Crippen LogP contribution in [0.15, 0.2) is 0 Å². The van der Waals surface area contributed by atoms with Crippen LogP contribution in [0.3, 0.4) is 0 Å². The molecule has 0 fully saturated rings. The SMILES string of the molecule is CCn1c(C)c(C(=O)CN(CC(C)C)C(=O)NC(C)C)c(C)c1C(=O)OC. The number of nitrogens with zero attached hydrogens (tertiary/aromatic N) is 2. The number of aromatic nitrogens is 1. The maximum Gasteiger partial charge on any atom is 0.354 e. The molecular weight excluding hydrogens is 346 g/mol. The van der Waals surface area contributed by atoms with E-state index in [2.05, 4.69) is 5.32 Å². The Bertz CT molecular complexity index is 705. The Morgan fingerprint density at radius 1 is 1.15 bits per heavy atom. The van der Waals surface area contributed by atoms with Gasteiger partial charge in [0.05, 0.1) is 13.7 Å². The highest BCUT2D eigenvalue weighted by Crippen LogP contribution is 2.24. The predicted molar refractivity (Wildman–Crippen MR) is 105 cm³/mol. The average Bonchev–Trinajstić information content (AvgIpc) is 2.82. The second-order valence-electron chi connectivity index (χ2n) is 7.47. The highest BCUT2D eigenvalue weighted by Gasteiger charge is 2.28. The van der Waals surface area contributed by atoms with Crippen LogP contribution >= 0.6 is 0 Å². The molecule has 0 aliphatic carbocycles. The van der Waals surface area contributed by atoms with E-state index in [1.807, 2.05) is 41.5 Å². The van der Waals surface area contributed by atoms with Crippen LogP contribution < -0.4 is 5.32 Å². The number of rotatable bonds is 8. The van der Waals surface area contributed by atoms with Gasteiger partial charge < -0.3 is 19.5 Å². The van der Waals surface area contributed by atoms with Gasteiger partial charge >= 0.3 is 12.0 Å². The van der Waals surface area contributed by atoms with Gasteiger partial charge in [-0.1, -0.05) is 13.8 Å². The lowest BCUT2D eigenvalue weighted by molar-refractivity contribution is 0.0587. The van der Waals surface area contributed by atoms with Gasteiger partial charge in [-0.25, -0.2) is 9.59 Å². The van der Waals surface area contributed by atoms with E-state index in [1.165, 1.54) is 12.0 Å². The third-order valence-electron chi connectivity index (χ3n) is 4.36. The van der Waals surface area contributed by atoms with Crippen LogP contribution in [0.4, 0.5) is 4.79 Å². The lowest BCUT2D eigenvalue weighted by atomic mass is 10.0. The number of esters is 1. The van der Waals surface area contributed by atoms with Crippen molar-refractivity contribution >= 4 is 17.8 Å². The van der Waals surface area contributed by atoms with Crippen molar-refractivity contribution in [3.05, 3.63) is 22.5 Å². The molecule has 0 unspecified atom stereocenters. The molecule has 0 saturated carbocycles. The van der Waals surface area contributed by atoms with E-state index in [-0.39, 0.29) is 30.3 Å². The summed E-state index contributed by atoms with van der Waals surface area (Å²) in [4.78, 5) is 39.3. The van der Waals surface area contributed by atoms with Crippen molar-refractivity contribution in [2.75, 3.05) is 20.2 Å². The minimum Gasteiger partial charge on any atom is -0.464 e. The highest BCUT2D eigenvalue weighted by molar-refractivity contribution is 6.04. The lowest BCUT2D eigenvalue weighted by Crippen LogP contribution is -2.46. The van der Waals surface area contributed by atoms with Gasteiger partial charge in [0.25, 0.3) is 0 Å². The summed E-state index contributed by atoms with van der Waals surface area (Å²) in [5.41, 5.74) is 2.19. The fourth-order valence-electron chi connectivity index (χ4n) is 3.31. The van der Waals surface area contributed by atoms with Gasteiger partial charge in [0.1, 0.15) is 5.69 Å². The molecule has 0 atom stereocenters. The summed E-state index contributed by atoms with van der Waals surface area (Å²) in [5, 5.41) is 2.84. The summed E-state index contributed by atoms with van der Waals surface area (Å²) in [6.45, 7) is 14.2. The normalized spacial score (nSPS) is 11.0. The molecule has 1 aromatic heterocycles. The minimum absolute atomic E-state index is 0.0159. The molecule has 0 spiro atoms. The molecule has 27 heavy (non-hydrogen) atoms. The molecular formula is C20H33N3O4. The Morgan fingerprint density at radius 3 is 2.19 bits per heavy atom. The third kappa shape index (κ3) is 5.34. The Balaban J connectivity index is 3.24.